The van der Waals surface area contributed by atoms with E-state index in [2.05, 4.69) is 33.9 Å². The van der Waals surface area contributed by atoms with Crippen LogP contribution in [0.25, 0.3) is 0 Å². The maximum absolute atomic E-state index is 10.3. The molecule has 0 aliphatic rings. The molecule has 0 aromatic heterocycles. The third kappa shape index (κ3) is 6.32. The van der Waals surface area contributed by atoms with Crippen LogP contribution in [0.4, 0.5) is 0 Å². The van der Waals surface area contributed by atoms with Gasteiger partial charge in [-0.2, -0.15) is 0 Å². The van der Waals surface area contributed by atoms with Gasteiger partial charge < -0.3 is 9.22 Å². The van der Waals surface area contributed by atoms with E-state index in [1.54, 1.807) is 0 Å². The summed E-state index contributed by atoms with van der Waals surface area (Å²) in [6.07, 6.45) is 2.62. The Bertz CT molecular complexity index is 161. The normalized spacial score (nSPS) is 14.4. The molecule has 3 heteroatoms. The summed E-state index contributed by atoms with van der Waals surface area (Å²) in [5.74, 6) is 0.502. The van der Waals surface area contributed by atoms with Crippen LogP contribution in [-0.4, -0.2) is 21.9 Å². The Kier molecular flexibility index (Phi) is 6.28. The van der Waals surface area contributed by atoms with E-state index in [1.807, 2.05) is 0 Å². The molecule has 0 unspecified atom stereocenters. The molecule has 0 rings (SSSR count). The van der Waals surface area contributed by atoms with Crippen molar-refractivity contribution < 1.29 is 9.22 Å². The summed E-state index contributed by atoms with van der Waals surface area (Å²) >= 11 is 0. The van der Waals surface area contributed by atoms with Crippen LogP contribution >= 0.6 is 0 Å². The van der Waals surface area contributed by atoms with Gasteiger partial charge in [0.15, 0.2) is 9.04 Å². The standard InChI is InChI=1S/C11H24O2Si/c1-11(2,3)10(7-6-8-12)9-13-14(4)5/h8,10,14H,6-7,9H2,1-5H3/t10-/m0/s1. The molecule has 0 spiro atoms. The average Bonchev–Trinajstić information content (AvgIpc) is 2.01. The van der Waals surface area contributed by atoms with Crippen LogP contribution < -0.4 is 0 Å². The zero-order chi connectivity index (χ0) is 11.2. The predicted octanol–water partition coefficient (Wildman–Crippen LogP) is 2.63. The molecule has 0 bridgehead atoms. The second-order valence-corrected chi connectivity index (χ2v) is 7.62. The van der Waals surface area contributed by atoms with E-state index in [0.29, 0.717) is 12.3 Å². The Morgan fingerprint density at radius 2 is 1.93 bits per heavy atom. The van der Waals surface area contributed by atoms with Gasteiger partial charge in [-0.1, -0.05) is 20.8 Å². The van der Waals surface area contributed by atoms with E-state index in [1.165, 1.54) is 0 Å². The summed E-state index contributed by atoms with van der Waals surface area (Å²) in [7, 11) is -0.921. The smallest absolute Gasteiger partial charge is 0.170 e. The fraction of sp³-hybridized carbons (Fsp3) is 0.909. The molecule has 0 aliphatic heterocycles. The Morgan fingerprint density at radius 1 is 1.36 bits per heavy atom. The topological polar surface area (TPSA) is 26.3 Å². The SMILES string of the molecule is C[SiH](C)OC[C@H](CCC=O)C(C)(C)C. The largest absolute Gasteiger partial charge is 0.420 e. The molecular weight excluding hydrogens is 192 g/mol. The highest BCUT2D eigenvalue weighted by Gasteiger charge is 2.24. The number of hydrogen-bond acceptors (Lipinski definition) is 2. The molecule has 0 aromatic rings. The lowest BCUT2D eigenvalue weighted by molar-refractivity contribution is -0.108. The van der Waals surface area contributed by atoms with Crippen LogP contribution in [-0.2, 0) is 9.22 Å². The molecular formula is C11H24O2Si. The molecule has 0 heterocycles. The van der Waals surface area contributed by atoms with Crippen LogP contribution in [0.3, 0.4) is 0 Å². The molecule has 1 atom stereocenters. The van der Waals surface area contributed by atoms with Gasteiger partial charge in [-0.25, -0.2) is 0 Å². The molecule has 0 saturated heterocycles. The van der Waals surface area contributed by atoms with Gasteiger partial charge in [-0.15, -0.1) is 0 Å². The summed E-state index contributed by atoms with van der Waals surface area (Å²) in [6, 6.07) is 0. The van der Waals surface area contributed by atoms with Gasteiger partial charge in [0.05, 0.1) is 0 Å². The van der Waals surface area contributed by atoms with E-state index in [9.17, 15) is 4.79 Å². The second-order valence-electron chi connectivity index (χ2n) is 5.19. The monoisotopic (exact) mass is 216 g/mol. The maximum atomic E-state index is 10.3. The molecule has 0 aliphatic carbocycles. The first-order valence-electron chi connectivity index (χ1n) is 5.43. The Hall–Kier alpha value is -0.153. The summed E-state index contributed by atoms with van der Waals surface area (Å²) in [5, 5.41) is 0. The number of carbonyl (C=O) groups is 1. The van der Waals surface area contributed by atoms with Crippen molar-refractivity contribution in [2.45, 2.75) is 46.7 Å². The summed E-state index contributed by atoms with van der Waals surface area (Å²) in [4.78, 5) is 10.3. The van der Waals surface area contributed by atoms with Crippen molar-refractivity contribution in [2.24, 2.45) is 11.3 Å². The lowest BCUT2D eigenvalue weighted by atomic mass is 9.79. The first-order valence-corrected chi connectivity index (χ1v) is 8.21. The Balaban J connectivity index is 4.04. The van der Waals surface area contributed by atoms with Crippen molar-refractivity contribution in [1.29, 1.82) is 0 Å². The van der Waals surface area contributed by atoms with Gasteiger partial charge >= 0.3 is 0 Å². The first kappa shape index (κ1) is 13.8. The molecule has 0 aromatic carbocycles. The van der Waals surface area contributed by atoms with Gasteiger partial charge in [0.1, 0.15) is 6.29 Å². The highest BCUT2D eigenvalue weighted by molar-refractivity contribution is 6.48. The van der Waals surface area contributed by atoms with Crippen molar-refractivity contribution >= 4 is 15.3 Å². The number of aldehydes is 1. The fourth-order valence-electron chi connectivity index (χ4n) is 1.34. The minimum absolute atomic E-state index is 0.242. The number of rotatable bonds is 6. The van der Waals surface area contributed by atoms with Gasteiger partial charge in [-0.05, 0) is 30.8 Å². The molecule has 0 fully saturated rings. The van der Waals surface area contributed by atoms with E-state index in [4.69, 9.17) is 4.43 Å². The first-order chi connectivity index (χ1) is 6.38. The Morgan fingerprint density at radius 3 is 2.29 bits per heavy atom. The predicted molar refractivity (Wildman–Crippen MR) is 63.1 cm³/mol. The quantitative estimate of drug-likeness (QED) is 0.504. The highest BCUT2D eigenvalue weighted by Crippen LogP contribution is 2.29. The Labute approximate surface area is 89.8 Å². The van der Waals surface area contributed by atoms with Crippen molar-refractivity contribution in [3.8, 4) is 0 Å². The van der Waals surface area contributed by atoms with Crippen molar-refractivity contribution in [2.75, 3.05) is 6.61 Å². The number of hydrogen-bond donors (Lipinski definition) is 0. The van der Waals surface area contributed by atoms with E-state index < -0.39 is 9.04 Å². The molecule has 84 valence electrons. The van der Waals surface area contributed by atoms with Gasteiger partial charge in [0.2, 0.25) is 0 Å². The zero-order valence-electron chi connectivity index (χ0n) is 10.2. The van der Waals surface area contributed by atoms with Crippen molar-refractivity contribution in [1.82, 2.24) is 0 Å². The maximum Gasteiger partial charge on any atom is 0.170 e. The van der Waals surface area contributed by atoms with E-state index in [-0.39, 0.29) is 5.41 Å². The molecule has 2 nitrogen and oxygen atoms in total. The zero-order valence-corrected chi connectivity index (χ0v) is 11.3. The fourth-order valence-corrected chi connectivity index (χ4v) is 1.96. The summed E-state index contributed by atoms with van der Waals surface area (Å²) in [6.45, 7) is 11.8. The van der Waals surface area contributed by atoms with Crippen LogP contribution in [0.5, 0.6) is 0 Å². The molecule has 0 N–H and O–H groups in total. The second kappa shape index (κ2) is 6.35. The summed E-state index contributed by atoms with van der Waals surface area (Å²) in [5.41, 5.74) is 0.242. The lowest BCUT2D eigenvalue weighted by Gasteiger charge is -2.30. The van der Waals surface area contributed by atoms with Crippen LogP contribution in [0, 0.1) is 11.3 Å². The molecule has 0 amide bonds. The molecule has 14 heavy (non-hydrogen) atoms. The van der Waals surface area contributed by atoms with Crippen LogP contribution in [0.15, 0.2) is 0 Å². The van der Waals surface area contributed by atoms with Gasteiger partial charge in [-0.3, -0.25) is 0 Å². The van der Waals surface area contributed by atoms with Crippen molar-refractivity contribution in [3.63, 3.8) is 0 Å². The van der Waals surface area contributed by atoms with E-state index >= 15 is 0 Å². The molecule has 0 saturated carbocycles. The minimum Gasteiger partial charge on any atom is -0.420 e. The number of carbonyl (C=O) groups excluding carboxylic acids is 1. The average molecular weight is 216 g/mol. The lowest BCUT2D eigenvalue weighted by Crippen LogP contribution is -2.27. The van der Waals surface area contributed by atoms with Crippen LogP contribution in [0.1, 0.15) is 33.6 Å². The summed E-state index contributed by atoms with van der Waals surface area (Å²) < 4.78 is 5.75. The van der Waals surface area contributed by atoms with Gasteiger partial charge in [0, 0.05) is 13.0 Å². The van der Waals surface area contributed by atoms with E-state index in [0.717, 1.165) is 19.3 Å². The van der Waals surface area contributed by atoms with Crippen LogP contribution in [0.2, 0.25) is 13.1 Å². The highest BCUT2D eigenvalue weighted by atomic mass is 28.3. The third-order valence-corrected chi connectivity index (χ3v) is 3.35. The van der Waals surface area contributed by atoms with Crippen molar-refractivity contribution in [3.05, 3.63) is 0 Å². The van der Waals surface area contributed by atoms with Gasteiger partial charge in [0.25, 0.3) is 0 Å². The minimum atomic E-state index is -0.921. The molecule has 0 radical (unpaired) electrons. The third-order valence-electron chi connectivity index (χ3n) is 2.49.